The highest BCUT2D eigenvalue weighted by Gasteiger charge is 2.30. The van der Waals surface area contributed by atoms with E-state index in [1.807, 2.05) is 17.5 Å². The molecule has 0 spiro atoms. The molecule has 0 saturated carbocycles. The fourth-order valence-electron chi connectivity index (χ4n) is 3.06. The Bertz CT molecular complexity index is 745. The van der Waals surface area contributed by atoms with E-state index >= 15 is 0 Å². The van der Waals surface area contributed by atoms with Crippen LogP contribution in [-0.2, 0) is 4.79 Å². The number of carbonyl (C=O) groups excluding carboxylic acids is 2. The van der Waals surface area contributed by atoms with E-state index in [9.17, 15) is 18.4 Å². The van der Waals surface area contributed by atoms with Gasteiger partial charge in [-0.1, -0.05) is 6.07 Å². The Balaban J connectivity index is 1.61. The van der Waals surface area contributed by atoms with Crippen molar-refractivity contribution in [3.8, 4) is 0 Å². The van der Waals surface area contributed by atoms with E-state index in [2.05, 4.69) is 0 Å². The Morgan fingerprint density at radius 3 is 2.75 bits per heavy atom. The van der Waals surface area contributed by atoms with Gasteiger partial charge in [-0.25, -0.2) is 8.78 Å². The maximum Gasteiger partial charge on any atom is 0.223 e. The van der Waals surface area contributed by atoms with Crippen LogP contribution in [0.3, 0.4) is 0 Å². The van der Waals surface area contributed by atoms with E-state index in [0.29, 0.717) is 12.6 Å². The van der Waals surface area contributed by atoms with Crippen LogP contribution < -0.4 is 0 Å². The topological polar surface area (TPSA) is 37.4 Å². The molecule has 0 unspecified atom stereocenters. The first kappa shape index (κ1) is 16.8. The lowest BCUT2D eigenvalue weighted by atomic mass is 10.1. The second kappa shape index (κ2) is 7.21. The Labute approximate surface area is 142 Å². The van der Waals surface area contributed by atoms with E-state index in [1.165, 1.54) is 0 Å². The first-order valence-corrected chi connectivity index (χ1v) is 8.75. The number of likely N-dealkylation sites (tertiary alicyclic amines) is 1. The van der Waals surface area contributed by atoms with Crippen LogP contribution in [0.1, 0.15) is 47.0 Å². The van der Waals surface area contributed by atoms with E-state index in [1.54, 1.807) is 16.2 Å². The minimum atomic E-state index is -0.884. The molecule has 24 heavy (non-hydrogen) atoms. The van der Waals surface area contributed by atoms with Gasteiger partial charge in [0.25, 0.3) is 0 Å². The molecule has 1 aromatic heterocycles. The van der Waals surface area contributed by atoms with Crippen molar-refractivity contribution >= 4 is 23.0 Å². The summed E-state index contributed by atoms with van der Waals surface area (Å²) in [7, 11) is 0. The van der Waals surface area contributed by atoms with Crippen molar-refractivity contribution in [2.24, 2.45) is 0 Å². The lowest BCUT2D eigenvalue weighted by Gasteiger charge is -2.23. The van der Waals surface area contributed by atoms with Gasteiger partial charge in [0.15, 0.2) is 5.78 Å². The van der Waals surface area contributed by atoms with Crippen LogP contribution >= 0.6 is 11.3 Å². The summed E-state index contributed by atoms with van der Waals surface area (Å²) in [6, 6.07) is 6.91. The van der Waals surface area contributed by atoms with Gasteiger partial charge in [0, 0.05) is 30.3 Å². The van der Waals surface area contributed by atoms with Crippen molar-refractivity contribution in [1.82, 2.24) is 4.90 Å². The Morgan fingerprint density at radius 2 is 2.04 bits per heavy atom. The van der Waals surface area contributed by atoms with Gasteiger partial charge in [-0.15, -0.1) is 11.3 Å². The van der Waals surface area contributed by atoms with Crippen LogP contribution in [-0.4, -0.2) is 23.1 Å². The summed E-state index contributed by atoms with van der Waals surface area (Å²) in [6.45, 7) is 0.681. The molecule has 2 aromatic rings. The van der Waals surface area contributed by atoms with Crippen molar-refractivity contribution in [1.29, 1.82) is 0 Å². The van der Waals surface area contributed by atoms with Gasteiger partial charge in [-0.2, -0.15) is 0 Å². The van der Waals surface area contributed by atoms with Gasteiger partial charge < -0.3 is 4.90 Å². The fraction of sp³-hybridized carbons (Fsp3) is 0.333. The molecule has 6 heteroatoms. The number of carbonyl (C=O) groups is 2. The fourth-order valence-corrected chi connectivity index (χ4v) is 3.93. The number of benzene rings is 1. The second-order valence-corrected chi connectivity index (χ2v) is 6.79. The average molecular weight is 349 g/mol. The zero-order chi connectivity index (χ0) is 17.1. The molecule has 1 aromatic carbocycles. The summed E-state index contributed by atoms with van der Waals surface area (Å²) in [5.74, 6) is -2.18. The van der Waals surface area contributed by atoms with Crippen LogP contribution in [0.5, 0.6) is 0 Å². The zero-order valence-corrected chi connectivity index (χ0v) is 13.8. The summed E-state index contributed by atoms with van der Waals surface area (Å²) in [4.78, 5) is 27.5. The van der Waals surface area contributed by atoms with E-state index in [4.69, 9.17) is 0 Å². The van der Waals surface area contributed by atoms with E-state index < -0.39 is 17.4 Å². The summed E-state index contributed by atoms with van der Waals surface area (Å²) in [6.07, 6.45) is 1.83. The summed E-state index contributed by atoms with van der Waals surface area (Å²) in [5.41, 5.74) is -0.166. The van der Waals surface area contributed by atoms with Gasteiger partial charge in [0.05, 0.1) is 11.6 Å². The van der Waals surface area contributed by atoms with Gasteiger partial charge in [0.1, 0.15) is 11.6 Å². The third-order valence-electron chi connectivity index (χ3n) is 4.24. The smallest absolute Gasteiger partial charge is 0.223 e. The largest absolute Gasteiger partial charge is 0.335 e. The third-order valence-corrected chi connectivity index (χ3v) is 5.22. The first-order valence-electron chi connectivity index (χ1n) is 7.87. The van der Waals surface area contributed by atoms with Crippen LogP contribution in [0.25, 0.3) is 0 Å². The number of amides is 1. The molecule has 1 fully saturated rings. The minimum absolute atomic E-state index is 0.0392. The molecule has 2 heterocycles. The highest BCUT2D eigenvalue weighted by Crippen LogP contribution is 2.35. The molecule has 1 atom stereocenters. The van der Waals surface area contributed by atoms with Crippen molar-refractivity contribution in [3.63, 3.8) is 0 Å². The third kappa shape index (κ3) is 3.53. The average Bonchev–Trinajstić information content (AvgIpc) is 3.22. The molecule has 1 saturated heterocycles. The number of hydrogen-bond donors (Lipinski definition) is 0. The minimum Gasteiger partial charge on any atom is -0.335 e. The molecule has 126 valence electrons. The normalized spacial score (nSPS) is 17.2. The summed E-state index contributed by atoms with van der Waals surface area (Å²) < 4.78 is 26.5. The molecule has 1 aliphatic heterocycles. The van der Waals surface area contributed by atoms with E-state index in [-0.39, 0.29) is 30.4 Å². The predicted molar refractivity (Wildman–Crippen MR) is 87.9 cm³/mol. The van der Waals surface area contributed by atoms with Crippen molar-refractivity contribution < 1.29 is 18.4 Å². The lowest BCUT2D eigenvalue weighted by molar-refractivity contribution is -0.132. The summed E-state index contributed by atoms with van der Waals surface area (Å²) in [5, 5.41) is 1.98. The van der Waals surface area contributed by atoms with Crippen molar-refractivity contribution in [2.75, 3.05) is 6.54 Å². The molecule has 1 amide bonds. The van der Waals surface area contributed by atoms with Gasteiger partial charge in [-0.3, -0.25) is 9.59 Å². The van der Waals surface area contributed by atoms with Crippen LogP contribution in [0.15, 0.2) is 35.7 Å². The van der Waals surface area contributed by atoms with E-state index in [0.717, 1.165) is 29.9 Å². The summed E-state index contributed by atoms with van der Waals surface area (Å²) >= 11 is 1.62. The van der Waals surface area contributed by atoms with Crippen molar-refractivity contribution in [3.05, 3.63) is 57.8 Å². The number of Topliss-reactive ketones (excluding diaryl/α,β-unsaturated/α-hetero) is 1. The van der Waals surface area contributed by atoms with Crippen LogP contribution in [0.2, 0.25) is 0 Å². The highest BCUT2D eigenvalue weighted by molar-refractivity contribution is 7.10. The Hall–Kier alpha value is -2.08. The second-order valence-electron chi connectivity index (χ2n) is 5.81. The first-order chi connectivity index (χ1) is 11.6. The molecule has 0 N–H and O–H groups in total. The molecular formula is C18H17F2NO2S. The van der Waals surface area contributed by atoms with Crippen LogP contribution in [0.4, 0.5) is 8.78 Å². The van der Waals surface area contributed by atoms with Crippen molar-refractivity contribution in [2.45, 2.75) is 31.7 Å². The maximum atomic E-state index is 13.6. The number of rotatable bonds is 5. The quantitative estimate of drug-likeness (QED) is 0.753. The molecular weight excluding hydrogens is 332 g/mol. The lowest BCUT2D eigenvalue weighted by Crippen LogP contribution is -2.30. The number of halogens is 2. The Morgan fingerprint density at radius 1 is 1.21 bits per heavy atom. The Kier molecular flexibility index (Phi) is 5.04. The standard InChI is InChI=1S/C18H17F2NO2S/c19-12-5-6-13(14(20)11-12)16(22)7-8-18(23)21-9-1-3-15(21)17-4-2-10-24-17/h2,4-6,10-11,15H,1,3,7-9H2/t15-/m0/s1. The monoisotopic (exact) mass is 349 g/mol. The number of hydrogen-bond acceptors (Lipinski definition) is 3. The molecule has 0 bridgehead atoms. The SMILES string of the molecule is O=C(CCC(=O)N1CCC[C@H]1c1cccs1)c1ccc(F)cc1F. The highest BCUT2D eigenvalue weighted by atomic mass is 32.1. The molecule has 1 aliphatic rings. The molecule has 3 nitrogen and oxygen atoms in total. The molecule has 0 radical (unpaired) electrons. The molecule has 0 aliphatic carbocycles. The maximum absolute atomic E-state index is 13.6. The number of nitrogens with zero attached hydrogens (tertiary/aromatic N) is 1. The molecule has 3 rings (SSSR count). The van der Waals surface area contributed by atoms with Gasteiger partial charge in [-0.05, 0) is 36.4 Å². The zero-order valence-electron chi connectivity index (χ0n) is 13.0. The number of ketones is 1. The van der Waals surface area contributed by atoms with Crippen LogP contribution in [0, 0.1) is 11.6 Å². The predicted octanol–water partition coefficient (Wildman–Crippen LogP) is 4.35. The van der Waals surface area contributed by atoms with Gasteiger partial charge >= 0.3 is 0 Å². The number of thiophene rings is 1. The van der Waals surface area contributed by atoms with Gasteiger partial charge in [0.2, 0.25) is 5.91 Å².